The smallest absolute Gasteiger partial charge is 0.416 e. The molecule has 1 saturated carbocycles. The number of carbonyl (C=O) groups is 2. The number of pyridine rings is 1. The lowest BCUT2D eigenvalue weighted by Gasteiger charge is -2.26. The minimum atomic E-state index is -4.82. The van der Waals surface area contributed by atoms with E-state index in [2.05, 4.69) is 5.32 Å². The van der Waals surface area contributed by atoms with E-state index < -0.39 is 53.5 Å². The van der Waals surface area contributed by atoms with Crippen molar-refractivity contribution in [2.75, 3.05) is 0 Å². The van der Waals surface area contributed by atoms with Crippen LogP contribution in [0.25, 0.3) is 11.1 Å². The van der Waals surface area contributed by atoms with Crippen molar-refractivity contribution in [3.8, 4) is 22.6 Å². The van der Waals surface area contributed by atoms with Crippen molar-refractivity contribution in [2.24, 2.45) is 0 Å². The molecule has 1 amide bonds. The number of aliphatic carboxylic acids is 1. The number of hydrogen-bond donors (Lipinski definition) is 2. The molecule has 1 fully saturated rings. The van der Waals surface area contributed by atoms with Crippen LogP contribution < -0.4 is 15.6 Å². The van der Waals surface area contributed by atoms with Gasteiger partial charge < -0.3 is 15.2 Å². The van der Waals surface area contributed by atoms with Gasteiger partial charge in [-0.05, 0) is 84.8 Å². The van der Waals surface area contributed by atoms with Crippen LogP contribution >= 0.6 is 11.6 Å². The molecule has 4 aromatic rings. The van der Waals surface area contributed by atoms with Gasteiger partial charge in [-0.2, -0.15) is 13.2 Å². The number of rotatable bonds is 4. The number of nitrogens with one attached hydrogen (secondary N) is 1. The standard InChI is InChI=1S/C33H25ClF4N2O5/c1-16-3-2-4-26-29(16)18-11-21(17-5-6-17)30(35)23(12-18)25(15-28(42)43)39-32(44)31(22-14-20(45-26)7-8-24(22)34)40-10-9-19(13-27(40)41)33(36,37)38/h2-4,7-14,17,25,31H,5-6,15H2,1H3,(H,39,44)(H,42,43)/t25-,31-/m1/s1. The molecule has 2 atom stereocenters. The average molecular weight is 641 g/mol. The Morgan fingerprint density at radius 1 is 1.04 bits per heavy atom. The van der Waals surface area contributed by atoms with Crippen LogP contribution in [0, 0.1) is 12.7 Å². The highest BCUT2D eigenvalue weighted by atomic mass is 35.5. The zero-order valence-electron chi connectivity index (χ0n) is 23.6. The van der Waals surface area contributed by atoms with E-state index in [1.54, 1.807) is 18.2 Å². The molecule has 0 unspecified atom stereocenters. The van der Waals surface area contributed by atoms with Gasteiger partial charge in [-0.25, -0.2) is 4.39 Å². The summed E-state index contributed by atoms with van der Waals surface area (Å²) in [5.41, 5.74) is -0.172. The second-order valence-corrected chi connectivity index (χ2v) is 11.6. The summed E-state index contributed by atoms with van der Waals surface area (Å²) in [5, 5.41) is 12.4. The van der Waals surface area contributed by atoms with E-state index in [4.69, 9.17) is 16.3 Å². The van der Waals surface area contributed by atoms with Crippen LogP contribution in [0.2, 0.25) is 5.02 Å². The van der Waals surface area contributed by atoms with Crippen molar-refractivity contribution in [1.82, 2.24) is 9.88 Å². The molecule has 0 spiro atoms. The molecule has 0 saturated heterocycles. The molecule has 7 nitrogen and oxygen atoms in total. The number of aryl methyl sites for hydroxylation is 1. The highest BCUT2D eigenvalue weighted by molar-refractivity contribution is 6.31. The Kier molecular flexibility index (Phi) is 7.68. The first kappa shape index (κ1) is 30.4. The molecule has 2 N–H and O–H groups in total. The lowest BCUT2D eigenvalue weighted by Crippen LogP contribution is -2.40. The van der Waals surface area contributed by atoms with Crippen molar-refractivity contribution in [1.29, 1.82) is 0 Å². The number of carbonyl (C=O) groups excluding carboxylic acids is 1. The summed E-state index contributed by atoms with van der Waals surface area (Å²) in [4.78, 5) is 39.3. The quantitative estimate of drug-likeness (QED) is 0.225. The predicted molar refractivity (Wildman–Crippen MR) is 157 cm³/mol. The Morgan fingerprint density at radius 2 is 1.78 bits per heavy atom. The number of ether oxygens (including phenoxy) is 1. The Labute approximate surface area is 259 Å². The van der Waals surface area contributed by atoms with E-state index in [0.29, 0.717) is 34.6 Å². The van der Waals surface area contributed by atoms with Crippen molar-refractivity contribution >= 4 is 23.5 Å². The van der Waals surface area contributed by atoms with E-state index in [-0.39, 0.29) is 27.8 Å². The van der Waals surface area contributed by atoms with Gasteiger partial charge in [0, 0.05) is 34.0 Å². The zero-order chi connectivity index (χ0) is 32.2. The van der Waals surface area contributed by atoms with Crippen LogP contribution in [0.3, 0.4) is 0 Å². The molecule has 232 valence electrons. The number of carboxylic acid groups (broad SMARTS) is 1. The van der Waals surface area contributed by atoms with E-state index in [1.807, 2.05) is 13.0 Å². The van der Waals surface area contributed by atoms with Crippen LogP contribution in [-0.4, -0.2) is 21.6 Å². The number of benzene rings is 3. The number of carboxylic acids is 1. The van der Waals surface area contributed by atoms with Gasteiger partial charge in [0.1, 0.15) is 23.4 Å². The largest absolute Gasteiger partial charge is 0.481 e. The van der Waals surface area contributed by atoms with Gasteiger partial charge in [0.25, 0.3) is 5.56 Å². The fraction of sp³-hybridized carbons (Fsp3) is 0.242. The van der Waals surface area contributed by atoms with Gasteiger partial charge in [-0.1, -0.05) is 23.7 Å². The molecular weight excluding hydrogens is 616 g/mol. The molecule has 2 aliphatic rings. The predicted octanol–water partition coefficient (Wildman–Crippen LogP) is 7.54. The SMILES string of the molecule is Cc1cccc2c1-c1cc(C3CC3)c(F)c(c1)[C@@H](CC(=O)O)NC(=O)[C@H](n1ccc(C(F)(F)F)cc1=O)c1cc(ccc1Cl)O2. The molecule has 6 rings (SSSR count). The van der Waals surface area contributed by atoms with Gasteiger partial charge in [0.2, 0.25) is 5.91 Å². The molecule has 0 radical (unpaired) electrons. The van der Waals surface area contributed by atoms with Crippen LogP contribution in [0.4, 0.5) is 17.6 Å². The van der Waals surface area contributed by atoms with E-state index in [9.17, 15) is 32.7 Å². The summed E-state index contributed by atoms with van der Waals surface area (Å²) in [7, 11) is 0. The summed E-state index contributed by atoms with van der Waals surface area (Å²) in [6, 6.07) is 10.7. The summed E-state index contributed by atoms with van der Waals surface area (Å²) >= 11 is 6.53. The first-order valence-corrected chi connectivity index (χ1v) is 14.4. The van der Waals surface area contributed by atoms with Crippen LogP contribution in [0.5, 0.6) is 11.5 Å². The topological polar surface area (TPSA) is 97.6 Å². The maximum atomic E-state index is 16.2. The van der Waals surface area contributed by atoms with Gasteiger partial charge in [-0.15, -0.1) is 0 Å². The molecule has 12 heteroatoms. The first-order chi connectivity index (χ1) is 21.3. The Balaban J connectivity index is 1.63. The number of amides is 1. The normalized spacial score (nSPS) is 18.0. The number of halogens is 5. The molecule has 1 aliphatic heterocycles. The molecule has 1 aliphatic carbocycles. The number of fused-ring (bicyclic) bond motifs is 6. The Bertz CT molecular complexity index is 1920. The molecule has 2 heterocycles. The number of alkyl halides is 3. The number of aromatic nitrogens is 1. The second kappa shape index (κ2) is 11.4. The highest BCUT2D eigenvalue weighted by Crippen LogP contribution is 2.47. The molecule has 45 heavy (non-hydrogen) atoms. The number of nitrogens with zero attached hydrogens (tertiary/aromatic N) is 1. The molecular formula is C33H25ClF4N2O5. The molecule has 1 aromatic heterocycles. The zero-order valence-corrected chi connectivity index (χ0v) is 24.4. The summed E-state index contributed by atoms with van der Waals surface area (Å²) < 4.78 is 63.4. The fourth-order valence-electron chi connectivity index (χ4n) is 5.74. The van der Waals surface area contributed by atoms with Crippen LogP contribution in [-0.2, 0) is 15.8 Å². The third-order valence-corrected chi connectivity index (χ3v) is 8.38. The fourth-order valence-corrected chi connectivity index (χ4v) is 5.96. The van der Waals surface area contributed by atoms with E-state index in [1.165, 1.54) is 24.3 Å². The highest BCUT2D eigenvalue weighted by Gasteiger charge is 2.36. The second-order valence-electron chi connectivity index (χ2n) is 11.2. The monoisotopic (exact) mass is 640 g/mol. The lowest BCUT2D eigenvalue weighted by atomic mass is 9.90. The molecule has 4 bridgehead atoms. The maximum absolute atomic E-state index is 16.2. The molecule has 3 aromatic carbocycles. The third kappa shape index (κ3) is 5.92. The van der Waals surface area contributed by atoms with Crippen LogP contribution in [0.15, 0.2) is 71.7 Å². The lowest BCUT2D eigenvalue weighted by molar-refractivity contribution is -0.138. The minimum absolute atomic E-state index is 0.0121. The minimum Gasteiger partial charge on any atom is -0.481 e. The van der Waals surface area contributed by atoms with Gasteiger partial charge >= 0.3 is 12.1 Å². The van der Waals surface area contributed by atoms with Gasteiger partial charge in [0.15, 0.2) is 0 Å². The van der Waals surface area contributed by atoms with Crippen molar-refractivity contribution < 1.29 is 37.0 Å². The van der Waals surface area contributed by atoms with Crippen molar-refractivity contribution in [3.63, 3.8) is 0 Å². The maximum Gasteiger partial charge on any atom is 0.416 e. The van der Waals surface area contributed by atoms with E-state index in [0.717, 1.165) is 29.2 Å². The first-order valence-electron chi connectivity index (χ1n) is 14.0. The Hall–Kier alpha value is -4.64. The average Bonchev–Trinajstić information content (AvgIpc) is 3.80. The third-order valence-electron chi connectivity index (χ3n) is 8.03. The van der Waals surface area contributed by atoms with Gasteiger partial charge in [0.05, 0.1) is 18.0 Å². The van der Waals surface area contributed by atoms with Gasteiger partial charge in [-0.3, -0.25) is 19.0 Å². The van der Waals surface area contributed by atoms with Crippen molar-refractivity contribution in [2.45, 2.75) is 50.4 Å². The number of hydrogen-bond acceptors (Lipinski definition) is 4. The summed E-state index contributed by atoms with van der Waals surface area (Å²) in [5.74, 6) is -2.52. The van der Waals surface area contributed by atoms with Crippen molar-refractivity contribution in [3.05, 3.63) is 116 Å². The van der Waals surface area contributed by atoms with E-state index >= 15 is 4.39 Å². The summed E-state index contributed by atoms with van der Waals surface area (Å²) in [6.45, 7) is 1.84. The Morgan fingerprint density at radius 3 is 2.44 bits per heavy atom. The summed E-state index contributed by atoms with van der Waals surface area (Å²) in [6.07, 6.45) is -3.27. The van der Waals surface area contributed by atoms with Crippen LogP contribution in [0.1, 0.15) is 65.1 Å².